The lowest BCUT2D eigenvalue weighted by Crippen LogP contribution is -2.47. The maximum absolute atomic E-state index is 12.5. The number of hydrogen-bond donors (Lipinski definition) is 2. The van der Waals surface area contributed by atoms with Crippen LogP contribution in [0.2, 0.25) is 5.02 Å². The highest BCUT2D eigenvalue weighted by molar-refractivity contribution is 6.33. The molecular formula is C21H24ClN3O3. The van der Waals surface area contributed by atoms with Crippen molar-refractivity contribution in [3.8, 4) is 5.75 Å². The summed E-state index contributed by atoms with van der Waals surface area (Å²) in [4.78, 5) is 26.0. The van der Waals surface area contributed by atoms with Crippen molar-refractivity contribution in [2.45, 2.75) is 19.8 Å². The number of benzene rings is 2. The van der Waals surface area contributed by atoms with Crippen LogP contribution in [0.4, 0.5) is 11.4 Å². The monoisotopic (exact) mass is 401 g/mol. The molecule has 0 spiro atoms. The van der Waals surface area contributed by atoms with E-state index in [1.165, 1.54) is 0 Å². The predicted octanol–water partition coefficient (Wildman–Crippen LogP) is 3.71. The number of anilines is 2. The van der Waals surface area contributed by atoms with E-state index in [1.54, 1.807) is 36.4 Å². The first-order valence-electron chi connectivity index (χ1n) is 9.42. The van der Waals surface area contributed by atoms with E-state index in [4.69, 9.17) is 16.3 Å². The summed E-state index contributed by atoms with van der Waals surface area (Å²) in [6.45, 7) is 4.35. The number of carbonyl (C=O) groups is 2. The zero-order valence-corrected chi connectivity index (χ0v) is 16.6. The first-order chi connectivity index (χ1) is 13.6. The Hall–Kier alpha value is -2.73. The van der Waals surface area contributed by atoms with Crippen LogP contribution in [-0.2, 0) is 4.79 Å². The summed E-state index contributed by atoms with van der Waals surface area (Å²) in [5, 5.41) is 6.13. The lowest BCUT2D eigenvalue weighted by molar-refractivity contribution is -0.120. The van der Waals surface area contributed by atoms with Gasteiger partial charge < -0.3 is 20.3 Å². The Labute approximate surface area is 169 Å². The molecule has 1 aliphatic rings. The molecule has 0 radical (unpaired) electrons. The van der Waals surface area contributed by atoms with Crippen molar-refractivity contribution in [3.05, 3.63) is 53.1 Å². The van der Waals surface area contributed by atoms with Gasteiger partial charge in [0.2, 0.25) is 5.91 Å². The van der Waals surface area contributed by atoms with Crippen molar-refractivity contribution in [1.82, 2.24) is 5.32 Å². The molecular weight excluding hydrogens is 378 g/mol. The number of amides is 2. The number of rotatable bonds is 7. The number of unbranched alkanes of at least 4 members (excludes halogenated alkanes) is 1. The minimum atomic E-state index is -0.221. The first kappa shape index (κ1) is 20.0. The maximum Gasteiger partial charge on any atom is 0.255 e. The molecule has 1 fully saturated rings. The lowest BCUT2D eigenvalue weighted by atomic mass is 10.2. The minimum Gasteiger partial charge on any atom is -0.494 e. The molecule has 0 unspecified atom stereocenters. The summed E-state index contributed by atoms with van der Waals surface area (Å²) < 4.78 is 5.61. The zero-order valence-electron chi connectivity index (χ0n) is 15.8. The SMILES string of the molecule is CCCCOc1ccc(C(=O)Nc2ccc(N3CCNC(=O)C3)c(Cl)c2)cc1. The summed E-state index contributed by atoms with van der Waals surface area (Å²) in [5.74, 6) is 0.506. The summed E-state index contributed by atoms with van der Waals surface area (Å²) in [5.41, 5.74) is 1.92. The molecule has 2 aromatic rings. The molecule has 0 aliphatic carbocycles. The number of nitrogens with zero attached hydrogens (tertiary/aromatic N) is 1. The van der Waals surface area contributed by atoms with Crippen LogP contribution >= 0.6 is 11.6 Å². The van der Waals surface area contributed by atoms with Gasteiger partial charge in [-0.25, -0.2) is 0 Å². The quantitative estimate of drug-likeness (QED) is 0.694. The van der Waals surface area contributed by atoms with Gasteiger partial charge in [-0.3, -0.25) is 9.59 Å². The van der Waals surface area contributed by atoms with E-state index >= 15 is 0 Å². The number of carbonyl (C=O) groups excluding carboxylic acids is 2. The predicted molar refractivity (Wildman–Crippen MR) is 111 cm³/mol. The number of halogens is 1. The van der Waals surface area contributed by atoms with Crippen molar-refractivity contribution in [2.75, 3.05) is 36.5 Å². The van der Waals surface area contributed by atoms with Crippen molar-refractivity contribution in [2.24, 2.45) is 0 Å². The Balaban J connectivity index is 1.62. The Morgan fingerprint density at radius 3 is 2.71 bits per heavy atom. The van der Waals surface area contributed by atoms with E-state index in [9.17, 15) is 9.59 Å². The van der Waals surface area contributed by atoms with Gasteiger partial charge >= 0.3 is 0 Å². The molecule has 2 N–H and O–H groups in total. The molecule has 148 valence electrons. The van der Waals surface area contributed by atoms with Crippen molar-refractivity contribution in [1.29, 1.82) is 0 Å². The molecule has 7 heteroatoms. The molecule has 0 atom stereocenters. The number of nitrogens with one attached hydrogen (secondary N) is 2. The van der Waals surface area contributed by atoms with Gasteiger partial charge in [0.05, 0.1) is 23.9 Å². The number of ether oxygens (including phenoxy) is 1. The van der Waals surface area contributed by atoms with Gasteiger partial charge in [0.25, 0.3) is 5.91 Å². The van der Waals surface area contributed by atoms with Gasteiger partial charge in [0.15, 0.2) is 0 Å². The van der Waals surface area contributed by atoms with E-state index in [0.717, 1.165) is 24.3 Å². The summed E-state index contributed by atoms with van der Waals surface area (Å²) in [7, 11) is 0. The molecule has 1 aliphatic heterocycles. The average Bonchev–Trinajstić information content (AvgIpc) is 2.69. The van der Waals surface area contributed by atoms with E-state index in [2.05, 4.69) is 17.6 Å². The van der Waals surface area contributed by atoms with Gasteiger partial charge in [-0.05, 0) is 48.9 Å². The van der Waals surface area contributed by atoms with Crippen LogP contribution < -0.4 is 20.3 Å². The fraction of sp³-hybridized carbons (Fsp3) is 0.333. The summed E-state index contributed by atoms with van der Waals surface area (Å²) in [6.07, 6.45) is 2.08. The highest BCUT2D eigenvalue weighted by atomic mass is 35.5. The van der Waals surface area contributed by atoms with E-state index in [1.807, 2.05) is 11.0 Å². The number of hydrogen-bond acceptors (Lipinski definition) is 4. The van der Waals surface area contributed by atoms with Crippen molar-refractivity contribution < 1.29 is 14.3 Å². The molecule has 2 aromatic carbocycles. The van der Waals surface area contributed by atoms with Gasteiger partial charge in [-0.1, -0.05) is 24.9 Å². The second-order valence-corrected chi connectivity index (χ2v) is 7.03. The molecule has 28 heavy (non-hydrogen) atoms. The number of piperazine rings is 1. The van der Waals surface area contributed by atoms with Crippen LogP contribution in [0.5, 0.6) is 5.75 Å². The zero-order chi connectivity index (χ0) is 19.9. The largest absolute Gasteiger partial charge is 0.494 e. The van der Waals surface area contributed by atoms with E-state index < -0.39 is 0 Å². The van der Waals surface area contributed by atoms with Crippen LogP contribution in [0, 0.1) is 0 Å². The molecule has 3 rings (SSSR count). The molecule has 1 saturated heterocycles. The standard InChI is InChI=1S/C21H24ClN3O3/c1-2-3-12-28-17-7-4-15(5-8-17)21(27)24-16-6-9-19(18(22)13-16)25-11-10-23-20(26)14-25/h4-9,13H,2-3,10-12,14H2,1H3,(H,23,26)(H,24,27). The average molecular weight is 402 g/mol. The Morgan fingerprint density at radius 2 is 2.04 bits per heavy atom. The lowest BCUT2D eigenvalue weighted by Gasteiger charge is -2.29. The molecule has 0 saturated carbocycles. The van der Waals surface area contributed by atoms with Crippen LogP contribution in [0.3, 0.4) is 0 Å². The smallest absolute Gasteiger partial charge is 0.255 e. The van der Waals surface area contributed by atoms with Crippen molar-refractivity contribution in [3.63, 3.8) is 0 Å². The van der Waals surface area contributed by atoms with Gasteiger partial charge in [-0.2, -0.15) is 0 Å². The van der Waals surface area contributed by atoms with Gasteiger partial charge in [0, 0.05) is 24.3 Å². The van der Waals surface area contributed by atoms with E-state index in [-0.39, 0.29) is 18.4 Å². The van der Waals surface area contributed by atoms with Crippen LogP contribution in [0.1, 0.15) is 30.1 Å². The molecule has 2 amide bonds. The van der Waals surface area contributed by atoms with Crippen LogP contribution in [0.25, 0.3) is 0 Å². The fourth-order valence-corrected chi connectivity index (χ4v) is 3.23. The van der Waals surface area contributed by atoms with Crippen LogP contribution in [-0.4, -0.2) is 38.1 Å². The third-order valence-corrected chi connectivity index (χ3v) is 4.77. The second-order valence-electron chi connectivity index (χ2n) is 6.62. The normalized spacial score (nSPS) is 13.8. The maximum atomic E-state index is 12.5. The molecule has 0 bridgehead atoms. The van der Waals surface area contributed by atoms with Gasteiger partial charge in [0.1, 0.15) is 5.75 Å². The third-order valence-electron chi connectivity index (χ3n) is 4.47. The minimum absolute atomic E-state index is 0.0261. The molecule has 0 aromatic heterocycles. The molecule has 1 heterocycles. The van der Waals surface area contributed by atoms with E-state index in [0.29, 0.717) is 36.0 Å². The highest BCUT2D eigenvalue weighted by Gasteiger charge is 2.19. The first-order valence-corrected chi connectivity index (χ1v) is 9.80. The third kappa shape index (κ3) is 5.16. The van der Waals surface area contributed by atoms with Crippen molar-refractivity contribution >= 4 is 34.8 Å². The topological polar surface area (TPSA) is 70.7 Å². The fourth-order valence-electron chi connectivity index (χ4n) is 2.93. The Bertz CT molecular complexity index is 839. The Kier molecular flexibility index (Phi) is 6.76. The molecule has 6 nitrogen and oxygen atoms in total. The Morgan fingerprint density at radius 1 is 1.25 bits per heavy atom. The second kappa shape index (κ2) is 9.46. The summed E-state index contributed by atoms with van der Waals surface area (Å²) >= 11 is 6.38. The highest BCUT2D eigenvalue weighted by Crippen LogP contribution is 2.29. The summed E-state index contributed by atoms with van der Waals surface area (Å²) in [6, 6.07) is 12.4. The van der Waals surface area contributed by atoms with Gasteiger partial charge in [-0.15, -0.1) is 0 Å². The van der Waals surface area contributed by atoms with Crippen LogP contribution in [0.15, 0.2) is 42.5 Å².